The molecule has 0 aliphatic carbocycles. The highest BCUT2D eigenvalue weighted by Crippen LogP contribution is 2.16. The summed E-state index contributed by atoms with van der Waals surface area (Å²) < 4.78 is 0. The summed E-state index contributed by atoms with van der Waals surface area (Å²) in [5.74, 6) is 0.886. The van der Waals surface area contributed by atoms with Crippen LogP contribution in [0.3, 0.4) is 0 Å². The number of hydrogen-bond acceptors (Lipinski definition) is 3. The second-order valence-corrected chi connectivity index (χ2v) is 5.94. The van der Waals surface area contributed by atoms with Gasteiger partial charge in [-0.2, -0.15) is 0 Å². The molecule has 16 heavy (non-hydrogen) atoms. The third-order valence-corrected chi connectivity index (χ3v) is 4.42. The van der Waals surface area contributed by atoms with Crippen molar-refractivity contribution < 1.29 is 0 Å². The molecule has 2 heterocycles. The highest BCUT2D eigenvalue weighted by Gasteiger charge is 2.17. The van der Waals surface area contributed by atoms with Crippen molar-refractivity contribution in [1.29, 1.82) is 0 Å². The monoisotopic (exact) mass is 238 g/mol. The van der Waals surface area contributed by atoms with Crippen LogP contribution in [0.5, 0.6) is 0 Å². The van der Waals surface area contributed by atoms with Crippen LogP contribution >= 0.6 is 11.3 Å². The van der Waals surface area contributed by atoms with Crippen molar-refractivity contribution >= 4 is 11.3 Å². The first-order valence-corrected chi connectivity index (χ1v) is 7.10. The summed E-state index contributed by atoms with van der Waals surface area (Å²) in [6, 6.07) is 2.87. The molecule has 3 heteroatoms. The van der Waals surface area contributed by atoms with E-state index in [1.807, 2.05) is 11.3 Å². The normalized spacial score (nSPS) is 25.9. The lowest BCUT2D eigenvalue weighted by atomic mass is 9.94. The minimum Gasteiger partial charge on any atom is -0.313 e. The van der Waals surface area contributed by atoms with E-state index in [4.69, 9.17) is 0 Å². The quantitative estimate of drug-likeness (QED) is 0.842. The molecule has 2 nitrogen and oxygen atoms in total. The Balaban J connectivity index is 1.70. The molecule has 2 N–H and O–H groups in total. The van der Waals surface area contributed by atoms with Gasteiger partial charge in [0, 0.05) is 24.0 Å². The van der Waals surface area contributed by atoms with Crippen molar-refractivity contribution in [2.24, 2.45) is 5.92 Å². The maximum absolute atomic E-state index is 3.59. The molecular weight excluding hydrogens is 216 g/mol. The number of hydrogen-bond donors (Lipinski definition) is 2. The lowest BCUT2D eigenvalue weighted by Crippen LogP contribution is -2.43. The molecule has 1 fully saturated rings. The third-order valence-electron chi connectivity index (χ3n) is 3.40. The van der Waals surface area contributed by atoms with E-state index in [1.54, 1.807) is 0 Å². The molecule has 1 saturated heterocycles. The average Bonchev–Trinajstić information content (AvgIpc) is 2.65. The van der Waals surface area contributed by atoms with E-state index in [9.17, 15) is 0 Å². The fraction of sp³-hybridized carbons (Fsp3) is 0.692. The van der Waals surface area contributed by atoms with Gasteiger partial charge in [0.1, 0.15) is 0 Å². The third kappa shape index (κ3) is 3.30. The minimum atomic E-state index is 0.670. The predicted octanol–water partition coefficient (Wildman–Crippen LogP) is 2.53. The Labute approximate surface area is 102 Å². The first-order chi connectivity index (χ1) is 7.75. The minimum absolute atomic E-state index is 0.670. The number of rotatable bonds is 4. The van der Waals surface area contributed by atoms with Gasteiger partial charge in [0.25, 0.3) is 0 Å². The van der Waals surface area contributed by atoms with E-state index >= 15 is 0 Å². The standard InChI is InChI=1S/C13H22N2S/c1-10-3-5-15-12(7-10)8-14-9-13-11(2)4-6-16-13/h4,6,10,12,14-15H,3,5,7-9H2,1-2H3. The molecule has 90 valence electrons. The number of aryl methyl sites for hydroxylation is 1. The fourth-order valence-electron chi connectivity index (χ4n) is 2.32. The highest BCUT2D eigenvalue weighted by molar-refractivity contribution is 7.10. The van der Waals surface area contributed by atoms with Crippen molar-refractivity contribution in [1.82, 2.24) is 10.6 Å². The molecule has 1 aromatic heterocycles. The Kier molecular flexibility index (Phi) is 4.38. The van der Waals surface area contributed by atoms with Crippen molar-refractivity contribution in [3.63, 3.8) is 0 Å². The van der Waals surface area contributed by atoms with E-state index in [2.05, 4.69) is 35.9 Å². The van der Waals surface area contributed by atoms with Gasteiger partial charge in [-0.15, -0.1) is 11.3 Å². The first-order valence-electron chi connectivity index (χ1n) is 6.23. The summed E-state index contributed by atoms with van der Waals surface area (Å²) in [6.45, 7) is 7.86. The molecule has 0 radical (unpaired) electrons. The van der Waals surface area contributed by atoms with Gasteiger partial charge in [-0.3, -0.25) is 0 Å². The summed E-state index contributed by atoms with van der Waals surface area (Å²) in [4.78, 5) is 1.48. The van der Waals surface area contributed by atoms with Crippen molar-refractivity contribution in [2.75, 3.05) is 13.1 Å². The maximum Gasteiger partial charge on any atom is 0.0303 e. The van der Waals surface area contributed by atoms with Crippen molar-refractivity contribution in [3.8, 4) is 0 Å². The van der Waals surface area contributed by atoms with E-state index in [-0.39, 0.29) is 0 Å². The van der Waals surface area contributed by atoms with E-state index in [1.165, 1.54) is 29.8 Å². The van der Waals surface area contributed by atoms with Crippen molar-refractivity contribution in [2.45, 2.75) is 39.3 Å². The molecule has 2 rings (SSSR count). The van der Waals surface area contributed by atoms with Gasteiger partial charge in [-0.1, -0.05) is 6.92 Å². The summed E-state index contributed by atoms with van der Waals surface area (Å²) in [5.41, 5.74) is 1.42. The Bertz CT molecular complexity index is 321. The Morgan fingerprint density at radius 3 is 3.12 bits per heavy atom. The van der Waals surface area contributed by atoms with Crippen LogP contribution in [0.1, 0.15) is 30.2 Å². The van der Waals surface area contributed by atoms with Gasteiger partial charge in [-0.05, 0) is 49.2 Å². The van der Waals surface area contributed by atoms with Gasteiger partial charge < -0.3 is 10.6 Å². The van der Waals surface area contributed by atoms with Crippen LogP contribution in [0.15, 0.2) is 11.4 Å². The lowest BCUT2D eigenvalue weighted by molar-refractivity contribution is 0.311. The van der Waals surface area contributed by atoms with Crippen LogP contribution in [0.4, 0.5) is 0 Å². The Morgan fingerprint density at radius 1 is 1.56 bits per heavy atom. The summed E-state index contributed by atoms with van der Waals surface area (Å²) in [5, 5.41) is 9.33. The molecule has 1 aliphatic rings. The molecule has 0 spiro atoms. The van der Waals surface area contributed by atoms with Gasteiger partial charge in [0.2, 0.25) is 0 Å². The van der Waals surface area contributed by atoms with E-state index in [0.29, 0.717) is 6.04 Å². The fourth-order valence-corrected chi connectivity index (χ4v) is 3.20. The first kappa shape index (κ1) is 12.1. The Morgan fingerprint density at radius 2 is 2.44 bits per heavy atom. The maximum atomic E-state index is 3.59. The highest BCUT2D eigenvalue weighted by atomic mass is 32.1. The molecule has 1 aromatic rings. The van der Waals surface area contributed by atoms with Gasteiger partial charge in [0.15, 0.2) is 0 Å². The van der Waals surface area contributed by atoms with Crippen LogP contribution in [-0.4, -0.2) is 19.1 Å². The van der Waals surface area contributed by atoms with Crippen LogP contribution in [-0.2, 0) is 6.54 Å². The number of thiophene rings is 1. The molecule has 0 bridgehead atoms. The van der Waals surface area contributed by atoms with Crippen LogP contribution < -0.4 is 10.6 Å². The van der Waals surface area contributed by atoms with Crippen LogP contribution in [0.25, 0.3) is 0 Å². The zero-order chi connectivity index (χ0) is 11.4. The Hall–Kier alpha value is -0.380. The van der Waals surface area contributed by atoms with Gasteiger partial charge in [-0.25, -0.2) is 0 Å². The molecular formula is C13H22N2S. The van der Waals surface area contributed by atoms with Gasteiger partial charge >= 0.3 is 0 Å². The number of piperidine rings is 1. The second-order valence-electron chi connectivity index (χ2n) is 4.94. The van der Waals surface area contributed by atoms with E-state index in [0.717, 1.165) is 19.0 Å². The largest absolute Gasteiger partial charge is 0.313 e. The van der Waals surface area contributed by atoms with E-state index < -0.39 is 0 Å². The molecule has 0 saturated carbocycles. The van der Waals surface area contributed by atoms with Crippen LogP contribution in [0.2, 0.25) is 0 Å². The molecule has 0 amide bonds. The van der Waals surface area contributed by atoms with Crippen LogP contribution in [0, 0.1) is 12.8 Å². The van der Waals surface area contributed by atoms with Gasteiger partial charge in [0.05, 0.1) is 0 Å². The predicted molar refractivity (Wildman–Crippen MR) is 71.0 cm³/mol. The molecule has 2 unspecified atom stereocenters. The topological polar surface area (TPSA) is 24.1 Å². The summed E-state index contributed by atoms with van der Waals surface area (Å²) in [6.07, 6.45) is 2.65. The lowest BCUT2D eigenvalue weighted by Gasteiger charge is -2.28. The second kappa shape index (κ2) is 5.80. The molecule has 0 aromatic carbocycles. The zero-order valence-electron chi connectivity index (χ0n) is 10.3. The average molecular weight is 238 g/mol. The molecule has 1 aliphatic heterocycles. The molecule has 2 atom stereocenters. The van der Waals surface area contributed by atoms with Crippen molar-refractivity contribution in [3.05, 3.63) is 21.9 Å². The summed E-state index contributed by atoms with van der Waals surface area (Å²) >= 11 is 1.85. The smallest absolute Gasteiger partial charge is 0.0303 e. The summed E-state index contributed by atoms with van der Waals surface area (Å²) in [7, 11) is 0. The zero-order valence-corrected chi connectivity index (χ0v) is 11.1. The SMILES string of the molecule is Cc1ccsc1CNCC1CC(C)CCN1. The number of nitrogens with one attached hydrogen (secondary N) is 2.